The molecule has 0 bridgehead atoms. The molecule has 0 saturated carbocycles. The molecule has 0 aromatic heterocycles. The maximum absolute atomic E-state index is 12.6. The van der Waals surface area contributed by atoms with Crippen molar-refractivity contribution in [1.29, 1.82) is 0 Å². The van der Waals surface area contributed by atoms with Crippen molar-refractivity contribution in [3.8, 4) is 0 Å². The van der Waals surface area contributed by atoms with Gasteiger partial charge in [-0.3, -0.25) is 9.59 Å². The van der Waals surface area contributed by atoms with Crippen LogP contribution >= 0.6 is 11.8 Å². The molecule has 1 aliphatic rings. The molecular weight excluding hydrogens is 410 g/mol. The zero-order valence-corrected chi connectivity index (χ0v) is 18.4. The molecule has 0 fully saturated rings. The molecule has 0 unspecified atom stereocenters. The molecule has 154 valence electrons. The Morgan fingerprint density at radius 2 is 1.90 bits per heavy atom. The number of aryl methyl sites for hydroxylation is 2. The standard InChI is InChI=1S/C20H23N3O4S2/c1-13-5-7-16(14(2)9-13)21-19(24)11-23-17-10-15(29(26,27)22(3)4)6-8-18(17)28-12-20(23)25/h5-10H,11-12H2,1-4H3,(H,21,24). The van der Waals surface area contributed by atoms with Gasteiger partial charge in [-0.25, -0.2) is 12.7 Å². The normalized spacial score (nSPS) is 14.1. The number of benzene rings is 2. The first-order chi connectivity index (χ1) is 13.6. The van der Waals surface area contributed by atoms with Gasteiger partial charge in [0, 0.05) is 24.7 Å². The maximum atomic E-state index is 12.6. The first-order valence-corrected chi connectivity index (χ1v) is 11.4. The third kappa shape index (κ3) is 4.47. The predicted molar refractivity (Wildman–Crippen MR) is 115 cm³/mol. The summed E-state index contributed by atoms with van der Waals surface area (Å²) >= 11 is 1.33. The largest absolute Gasteiger partial charge is 0.324 e. The van der Waals surface area contributed by atoms with Gasteiger partial charge in [0.25, 0.3) is 0 Å². The van der Waals surface area contributed by atoms with Crippen molar-refractivity contribution in [2.24, 2.45) is 0 Å². The third-order valence-corrected chi connectivity index (χ3v) is 7.47. The van der Waals surface area contributed by atoms with E-state index >= 15 is 0 Å². The van der Waals surface area contributed by atoms with Crippen LogP contribution in [-0.2, 0) is 19.6 Å². The Balaban J connectivity index is 1.88. The Labute approximate surface area is 175 Å². The molecule has 2 amide bonds. The Bertz CT molecular complexity index is 1080. The SMILES string of the molecule is Cc1ccc(NC(=O)CN2C(=O)CSc3ccc(S(=O)(=O)N(C)C)cc32)c(C)c1. The van der Waals surface area contributed by atoms with Gasteiger partial charge in [-0.15, -0.1) is 11.8 Å². The van der Waals surface area contributed by atoms with E-state index in [1.54, 1.807) is 6.07 Å². The zero-order valence-electron chi connectivity index (χ0n) is 16.7. The molecule has 1 N–H and O–H groups in total. The fourth-order valence-corrected chi connectivity index (χ4v) is 4.85. The van der Waals surface area contributed by atoms with Gasteiger partial charge in [0.05, 0.1) is 16.3 Å². The molecule has 3 rings (SSSR count). The number of sulfonamides is 1. The molecule has 2 aromatic carbocycles. The number of thioether (sulfide) groups is 1. The van der Waals surface area contributed by atoms with Crippen LogP contribution in [0.15, 0.2) is 46.2 Å². The zero-order chi connectivity index (χ0) is 21.3. The molecular formula is C20H23N3O4S2. The number of amides is 2. The first-order valence-electron chi connectivity index (χ1n) is 8.96. The van der Waals surface area contributed by atoms with Crippen LogP contribution in [0.2, 0.25) is 0 Å². The fraction of sp³-hybridized carbons (Fsp3) is 0.300. The van der Waals surface area contributed by atoms with E-state index < -0.39 is 10.0 Å². The summed E-state index contributed by atoms with van der Waals surface area (Å²) < 4.78 is 26.1. The molecule has 1 heterocycles. The highest BCUT2D eigenvalue weighted by Crippen LogP contribution is 2.37. The topological polar surface area (TPSA) is 86.8 Å². The number of nitrogens with zero attached hydrogens (tertiary/aromatic N) is 2. The molecule has 7 nitrogen and oxygen atoms in total. The minimum absolute atomic E-state index is 0.0799. The number of carbonyl (C=O) groups excluding carboxylic acids is 2. The Morgan fingerprint density at radius 1 is 1.17 bits per heavy atom. The van der Waals surface area contributed by atoms with E-state index in [0.717, 1.165) is 20.3 Å². The molecule has 0 atom stereocenters. The second kappa shape index (κ2) is 8.17. The number of rotatable bonds is 5. The van der Waals surface area contributed by atoms with E-state index in [9.17, 15) is 18.0 Å². The summed E-state index contributed by atoms with van der Waals surface area (Å²) in [6, 6.07) is 10.3. The van der Waals surface area contributed by atoms with Crippen molar-refractivity contribution in [1.82, 2.24) is 4.31 Å². The van der Waals surface area contributed by atoms with Crippen molar-refractivity contribution in [3.63, 3.8) is 0 Å². The van der Waals surface area contributed by atoms with Crippen LogP contribution in [-0.4, -0.2) is 50.9 Å². The van der Waals surface area contributed by atoms with Crippen LogP contribution in [0.1, 0.15) is 11.1 Å². The predicted octanol–water partition coefficient (Wildman–Crippen LogP) is 2.63. The molecule has 2 aromatic rings. The van der Waals surface area contributed by atoms with Crippen LogP contribution in [0.25, 0.3) is 0 Å². The minimum Gasteiger partial charge on any atom is -0.324 e. The third-order valence-electron chi connectivity index (χ3n) is 4.61. The van der Waals surface area contributed by atoms with Crippen LogP contribution in [0, 0.1) is 13.8 Å². The Kier molecular flexibility index (Phi) is 6.02. The summed E-state index contributed by atoms with van der Waals surface area (Å²) in [6.45, 7) is 3.68. The highest BCUT2D eigenvalue weighted by molar-refractivity contribution is 8.00. The van der Waals surface area contributed by atoms with Gasteiger partial charge in [0.2, 0.25) is 21.8 Å². The summed E-state index contributed by atoms with van der Waals surface area (Å²) in [5.41, 5.74) is 3.14. The van der Waals surface area contributed by atoms with Crippen LogP contribution < -0.4 is 10.2 Å². The Hall–Kier alpha value is -2.36. The van der Waals surface area contributed by atoms with Crippen LogP contribution in [0.5, 0.6) is 0 Å². The van der Waals surface area contributed by atoms with Gasteiger partial charge >= 0.3 is 0 Å². The van der Waals surface area contributed by atoms with Crippen molar-refractivity contribution >= 4 is 45.0 Å². The monoisotopic (exact) mass is 433 g/mol. The van der Waals surface area contributed by atoms with Gasteiger partial charge in [0.1, 0.15) is 6.54 Å². The lowest BCUT2D eigenvalue weighted by atomic mass is 10.1. The highest BCUT2D eigenvalue weighted by Gasteiger charge is 2.29. The molecule has 9 heteroatoms. The van der Waals surface area contributed by atoms with E-state index in [1.807, 2.05) is 32.0 Å². The van der Waals surface area contributed by atoms with Crippen molar-refractivity contribution in [2.75, 3.05) is 36.6 Å². The fourth-order valence-electron chi connectivity index (χ4n) is 3.01. The minimum atomic E-state index is -3.65. The lowest BCUT2D eigenvalue weighted by Gasteiger charge is -2.29. The van der Waals surface area contributed by atoms with E-state index in [2.05, 4.69) is 5.32 Å². The van der Waals surface area contributed by atoms with Crippen molar-refractivity contribution in [3.05, 3.63) is 47.5 Å². The molecule has 1 aliphatic heterocycles. The Morgan fingerprint density at radius 3 is 2.55 bits per heavy atom. The van der Waals surface area contributed by atoms with E-state index in [4.69, 9.17) is 0 Å². The highest BCUT2D eigenvalue weighted by atomic mass is 32.2. The summed E-state index contributed by atoms with van der Waals surface area (Å²) in [7, 11) is -0.756. The molecule has 0 aliphatic carbocycles. The van der Waals surface area contributed by atoms with E-state index in [-0.39, 0.29) is 29.0 Å². The number of nitrogens with one attached hydrogen (secondary N) is 1. The average molecular weight is 434 g/mol. The summed E-state index contributed by atoms with van der Waals surface area (Å²) in [5, 5.41) is 2.83. The van der Waals surface area contributed by atoms with Gasteiger partial charge < -0.3 is 10.2 Å². The molecule has 29 heavy (non-hydrogen) atoms. The number of hydrogen-bond acceptors (Lipinski definition) is 5. The number of fused-ring (bicyclic) bond motifs is 1. The van der Waals surface area contributed by atoms with Crippen LogP contribution in [0.3, 0.4) is 0 Å². The van der Waals surface area contributed by atoms with E-state index in [0.29, 0.717) is 11.4 Å². The summed E-state index contributed by atoms with van der Waals surface area (Å²) in [6.07, 6.45) is 0. The second-order valence-corrected chi connectivity index (χ2v) is 10.2. The van der Waals surface area contributed by atoms with Crippen molar-refractivity contribution in [2.45, 2.75) is 23.6 Å². The molecule has 0 radical (unpaired) electrons. The number of carbonyl (C=O) groups is 2. The first kappa shape index (κ1) is 21.4. The lowest BCUT2D eigenvalue weighted by Crippen LogP contribution is -2.41. The lowest BCUT2D eigenvalue weighted by molar-refractivity contribution is -0.120. The average Bonchev–Trinajstić information content (AvgIpc) is 2.65. The van der Waals surface area contributed by atoms with Crippen molar-refractivity contribution < 1.29 is 18.0 Å². The maximum Gasteiger partial charge on any atom is 0.244 e. The van der Waals surface area contributed by atoms with Gasteiger partial charge in [-0.2, -0.15) is 0 Å². The van der Waals surface area contributed by atoms with Gasteiger partial charge in [-0.05, 0) is 43.7 Å². The van der Waals surface area contributed by atoms with E-state index in [1.165, 1.54) is 42.9 Å². The summed E-state index contributed by atoms with van der Waals surface area (Å²) in [5.74, 6) is -0.384. The smallest absolute Gasteiger partial charge is 0.244 e. The van der Waals surface area contributed by atoms with Crippen LogP contribution in [0.4, 0.5) is 11.4 Å². The second-order valence-electron chi connectivity index (χ2n) is 7.05. The summed E-state index contributed by atoms with van der Waals surface area (Å²) in [4.78, 5) is 27.3. The van der Waals surface area contributed by atoms with Gasteiger partial charge in [0.15, 0.2) is 0 Å². The number of anilines is 2. The molecule has 0 saturated heterocycles. The molecule has 0 spiro atoms. The number of hydrogen-bond donors (Lipinski definition) is 1. The van der Waals surface area contributed by atoms with Gasteiger partial charge in [-0.1, -0.05) is 17.7 Å². The quantitative estimate of drug-likeness (QED) is 0.783.